The molecule has 0 radical (unpaired) electrons. The van der Waals surface area contributed by atoms with Gasteiger partial charge in [0.1, 0.15) is 0 Å². The first-order valence-electron chi connectivity index (χ1n) is 4.31. The van der Waals surface area contributed by atoms with Crippen LogP contribution in [0.1, 0.15) is 0 Å². The fourth-order valence-corrected chi connectivity index (χ4v) is 0.415. The lowest BCUT2D eigenvalue weighted by atomic mass is 10.5. The van der Waals surface area contributed by atoms with Crippen LogP contribution in [-0.4, -0.2) is 48.3 Å². The molecule has 0 saturated heterocycles. The molecule has 18 heavy (non-hydrogen) atoms. The third-order valence-corrected chi connectivity index (χ3v) is 1.13. The van der Waals surface area contributed by atoms with Crippen molar-refractivity contribution in [2.24, 2.45) is 0 Å². The Morgan fingerprint density at radius 3 is 1.17 bits per heavy atom. The summed E-state index contributed by atoms with van der Waals surface area (Å²) >= 11 is 0. The van der Waals surface area contributed by atoms with Crippen molar-refractivity contribution < 1.29 is 38.9 Å². The van der Waals surface area contributed by atoms with Gasteiger partial charge in [-0.1, -0.05) is 0 Å². The molecule has 0 spiro atoms. The first-order valence-corrected chi connectivity index (χ1v) is 4.31. The summed E-state index contributed by atoms with van der Waals surface area (Å²) in [6, 6.07) is 0. The average Bonchev–Trinajstić information content (AvgIpc) is 2.33. The van der Waals surface area contributed by atoms with E-state index in [2.05, 4.69) is 9.47 Å². The van der Waals surface area contributed by atoms with Crippen molar-refractivity contribution in [2.45, 2.75) is 0 Å². The zero-order chi connectivity index (χ0) is 14.6. The Kier molecular flexibility index (Phi) is 10.7. The molecule has 0 aliphatic heterocycles. The number of methoxy groups -OCH3 is 2. The molecule has 0 heterocycles. The minimum Gasteiger partial charge on any atom is -0.478 e. The summed E-state index contributed by atoms with van der Waals surface area (Å²) in [5.41, 5.74) is 0. The molecule has 8 nitrogen and oxygen atoms in total. The number of esters is 2. The van der Waals surface area contributed by atoms with Crippen LogP contribution in [0.2, 0.25) is 0 Å². The molecule has 0 aromatic carbocycles. The maximum absolute atomic E-state index is 10.3. The van der Waals surface area contributed by atoms with Crippen LogP contribution < -0.4 is 0 Å². The normalized spacial score (nSPS) is 9.44. The van der Waals surface area contributed by atoms with E-state index in [-0.39, 0.29) is 0 Å². The third kappa shape index (κ3) is 15.8. The number of rotatable bonds is 4. The van der Waals surface area contributed by atoms with Gasteiger partial charge >= 0.3 is 23.9 Å². The SMILES string of the molecule is COC(=O)/C=C/C(=O)OC.O=C(O)/C=C/C(=O)O. The predicted octanol–water partition coefficient (Wildman–Crippen LogP) is -0.400. The predicted molar refractivity (Wildman–Crippen MR) is 57.6 cm³/mol. The fourth-order valence-electron chi connectivity index (χ4n) is 0.415. The standard InChI is InChI=1S/C6H8O4.C4H4O4/c1-9-5(7)3-4-6(8)10-2;5-3(6)1-2-4(7)8/h3-4H,1-2H3;1-2H,(H,5,6)(H,7,8)/b4-3+;2-1+. The second-order valence-corrected chi connectivity index (χ2v) is 2.39. The largest absolute Gasteiger partial charge is 0.478 e. The smallest absolute Gasteiger partial charge is 0.330 e. The quantitative estimate of drug-likeness (QED) is 0.516. The van der Waals surface area contributed by atoms with Crippen LogP contribution in [0, 0.1) is 0 Å². The van der Waals surface area contributed by atoms with Crippen molar-refractivity contribution in [3.63, 3.8) is 0 Å². The van der Waals surface area contributed by atoms with Crippen LogP contribution in [0.5, 0.6) is 0 Å². The van der Waals surface area contributed by atoms with Crippen LogP contribution in [0.4, 0.5) is 0 Å². The van der Waals surface area contributed by atoms with E-state index in [0.717, 1.165) is 12.2 Å². The number of aliphatic carboxylic acids is 2. The molecule has 8 heteroatoms. The molecule has 0 unspecified atom stereocenters. The molecule has 0 fully saturated rings. The highest BCUT2D eigenvalue weighted by Crippen LogP contribution is 1.80. The van der Waals surface area contributed by atoms with Crippen molar-refractivity contribution in [1.29, 1.82) is 0 Å². The van der Waals surface area contributed by atoms with E-state index < -0.39 is 23.9 Å². The number of ether oxygens (including phenoxy) is 2. The lowest BCUT2D eigenvalue weighted by molar-refractivity contribution is -0.137. The summed E-state index contributed by atoms with van der Waals surface area (Å²) in [6.07, 6.45) is 3.10. The highest BCUT2D eigenvalue weighted by Gasteiger charge is 1.94. The van der Waals surface area contributed by atoms with Gasteiger partial charge in [0.2, 0.25) is 0 Å². The van der Waals surface area contributed by atoms with Gasteiger partial charge in [-0.3, -0.25) is 0 Å². The zero-order valence-electron chi connectivity index (χ0n) is 9.65. The maximum Gasteiger partial charge on any atom is 0.330 e. The molecule has 0 aliphatic carbocycles. The maximum atomic E-state index is 10.3. The first-order chi connectivity index (χ1) is 8.33. The van der Waals surface area contributed by atoms with E-state index >= 15 is 0 Å². The Balaban J connectivity index is 0. The van der Waals surface area contributed by atoms with Crippen LogP contribution in [0.25, 0.3) is 0 Å². The van der Waals surface area contributed by atoms with Gasteiger partial charge in [0, 0.05) is 24.3 Å². The molecular formula is C10H12O8. The van der Waals surface area contributed by atoms with Crippen LogP contribution in [0.15, 0.2) is 24.3 Å². The van der Waals surface area contributed by atoms with Crippen LogP contribution >= 0.6 is 0 Å². The van der Waals surface area contributed by atoms with Crippen LogP contribution in [0.3, 0.4) is 0 Å². The monoisotopic (exact) mass is 260 g/mol. The third-order valence-electron chi connectivity index (χ3n) is 1.13. The second kappa shape index (κ2) is 10.9. The van der Waals surface area contributed by atoms with Crippen molar-refractivity contribution in [1.82, 2.24) is 0 Å². The van der Waals surface area contributed by atoms with Gasteiger partial charge in [0.25, 0.3) is 0 Å². The topological polar surface area (TPSA) is 127 Å². The lowest BCUT2D eigenvalue weighted by Gasteiger charge is -1.89. The van der Waals surface area contributed by atoms with Gasteiger partial charge in [-0.05, 0) is 0 Å². The molecule has 0 aromatic heterocycles. The Hall–Kier alpha value is -2.64. The molecule has 0 rings (SSSR count). The highest BCUT2D eigenvalue weighted by molar-refractivity contribution is 5.91. The van der Waals surface area contributed by atoms with Crippen molar-refractivity contribution >= 4 is 23.9 Å². The van der Waals surface area contributed by atoms with Gasteiger partial charge in [-0.15, -0.1) is 0 Å². The fraction of sp³-hybridized carbons (Fsp3) is 0.200. The van der Waals surface area contributed by atoms with Gasteiger partial charge in [-0.25, -0.2) is 19.2 Å². The van der Waals surface area contributed by atoms with E-state index in [1.165, 1.54) is 14.2 Å². The summed E-state index contributed by atoms with van der Waals surface area (Å²) in [7, 11) is 2.45. The molecule has 0 aromatic rings. The van der Waals surface area contributed by atoms with E-state index in [1.54, 1.807) is 0 Å². The Morgan fingerprint density at radius 2 is 1.00 bits per heavy atom. The van der Waals surface area contributed by atoms with E-state index in [4.69, 9.17) is 10.2 Å². The van der Waals surface area contributed by atoms with E-state index in [9.17, 15) is 19.2 Å². The summed E-state index contributed by atoms with van der Waals surface area (Å²) in [6.45, 7) is 0. The highest BCUT2D eigenvalue weighted by atomic mass is 16.5. The molecule has 0 saturated carbocycles. The number of hydrogen-bond donors (Lipinski definition) is 2. The Morgan fingerprint density at radius 1 is 0.722 bits per heavy atom. The number of hydrogen-bond acceptors (Lipinski definition) is 6. The summed E-state index contributed by atoms with van der Waals surface area (Å²) in [5.74, 6) is -3.67. The second-order valence-electron chi connectivity index (χ2n) is 2.39. The van der Waals surface area contributed by atoms with Gasteiger partial charge in [0.05, 0.1) is 14.2 Å². The minimum atomic E-state index is -1.26. The summed E-state index contributed by atoms with van der Waals surface area (Å²) in [4.78, 5) is 39.7. The van der Waals surface area contributed by atoms with Crippen molar-refractivity contribution in [3.05, 3.63) is 24.3 Å². The molecule has 100 valence electrons. The average molecular weight is 260 g/mol. The van der Waals surface area contributed by atoms with Gasteiger partial charge in [-0.2, -0.15) is 0 Å². The van der Waals surface area contributed by atoms with Gasteiger partial charge < -0.3 is 19.7 Å². The van der Waals surface area contributed by atoms with Crippen molar-refractivity contribution in [2.75, 3.05) is 14.2 Å². The zero-order valence-corrected chi connectivity index (χ0v) is 9.65. The molecular weight excluding hydrogens is 248 g/mol. The van der Waals surface area contributed by atoms with E-state index in [1.807, 2.05) is 0 Å². The Bertz CT molecular complexity index is 332. The summed E-state index contributed by atoms with van der Waals surface area (Å²) in [5, 5.41) is 15.6. The Labute approximate surface area is 102 Å². The molecule has 0 aliphatic rings. The van der Waals surface area contributed by atoms with Crippen LogP contribution in [-0.2, 0) is 28.7 Å². The number of carbonyl (C=O) groups excluding carboxylic acids is 2. The number of carboxylic acid groups (broad SMARTS) is 2. The molecule has 0 amide bonds. The lowest BCUT2D eigenvalue weighted by Crippen LogP contribution is -1.98. The minimum absolute atomic E-state index is 0.558. The molecule has 0 bridgehead atoms. The van der Waals surface area contributed by atoms with E-state index in [0.29, 0.717) is 12.2 Å². The first kappa shape index (κ1) is 17.7. The molecule has 0 atom stereocenters. The number of carboxylic acids is 2. The van der Waals surface area contributed by atoms with Gasteiger partial charge in [0.15, 0.2) is 0 Å². The van der Waals surface area contributed by atoms with Crippen molar-refractivity contribution in [3.8, 4) is 0 Å². The summed E-state index contributed by atoms with van der Waals surface area (Å²) < 4.78 is 8.42. The molecule has 2 N–H and O–H groups in total. The number of carbonyl (C=O) groups is 4.